The highest BCUT2D eigenvalue weighted by Crippen LogP contribution is 2.20. The van der Waals surface area contributed by atoms with Crippen molar-refractivity contribution in [1.82, 2.24) is 4.73 Å². The third kappa shape index (κ3) is 2.43. The number of hydrogen-bond acceptors (Lipinski definition) is 6. The number of aromatic nitrogens is 1. The molecule has 1 aliphatic heterocycles. The molecule has 2 heterocycles. The first-order valence-electron chi connectivity index (χ1n) is 5.24. The molecule has 96 valence electrons. The van der Waals surface area contributed by atoms with Gasteiger partial charge in [0, 0.05) is 12.4 Å². The van der Waals surface area contributed by atoms with Crippen molar-refractivity contribution in [3.63, 3.8) is 0 Å². The Hall–Kier alpha value is -1.12. The molecule has 0 saturated carbocycles. The Morgan fingerprint density at radius 2 is 1.76 bits per heavy atom. The largest absolute Gasteiger partial charge is 0.405 e. The van der Waals surface area contributed by atoms with Crippen molar-refractivity contribution in [2.24, 2.45) is 0 Å². The summed E-state index contributed by atoms with van der Waals surface area (Å²) in [6.45, 7) is -0.438. The summed E-state index contributed by atoms with van der Waals surface area (Å²) in [5.74, 6) is 0. The molecule has 7 nitrogen and oxygen atoms in total. The van der Waals surface area contributed by atoms with Crippen LogP contribution in [-0.4, -0.2) is 62.5 Å². The lowest BCUT2D eigenvalue weighted by Gasteiger charge is -2.39. The van der Waals surface area contributed by atoms with Crippen LogP contribution in [0.25, 0.3) is 0 Å². The highest BCUT2D eigenvalue weighted by Gasteiger charge is 2.45. The summed E-state index contributed by atoms with van der Waals surface area (Å²) < 4.78 is 6.26. The third-order valence-electron chi connectivity index (χ3n) is 2.66. The van der Waals surface area contributed by atoms with Gasteiger partial charge in [0.25, 0.3) is 0 Å². The van der Waals surface area contributed by atoms with E-state index < -0.39 is 37.3 Å². The molecule has 0 amide bonds. The monoisotopic (exact) mass is 245 g/mol. The van der Waals surface area contributed by atoms with E-state index in [1.165, 1.54) is 4.73 Å². The Morgan fingerprint density at radius 1 is 1.12 bits per heavy atom. The Bertz CT molecular complexity index is 341. The lowest BCUT2D eigenvalue weighted by atomic mass is 9.99. The fourth-order valence-electron chi connectivity index (χ4n) is 1.73. The molecule has 17 heavy (non-hydrogen) atoms. The predicted octanol–water partition coefficient (Wildman–Crippen LogP) is -2.28. The van der Waals surface area contributed by atoms with Crippen molar-refractivity contribution < 1.29 is 30.0 Å². The summed E-state index contributed by atoms with van der Waals surface area (Å²) in [6.07, 6.45) is -3.04. The lowest BCUT2D eigenvalue weighted by molar-refractivity contribution is -0.293. The van der Waals surface area contributed by atoms with Crippen LogP contribution < -0.4 is 4.84 Å². The van der Waals surface area contributed by atoms with Crippen LogP contribution in [-0.2, 0) is 4.74 Å². The van der Waals surface area contributed by atoms with Crippen LogP contribution >= 0.6 is 0 Å². The van der Waals surface area contributed by atoms with Crippen LogP contribution in [0, 0.1) is 0 Å². The molecule has 1 aliphatic rings. The first-order valence-corrected chi connectivity index (χ1v) is 5.24. The molecule has 0 aromatic carbocycles. The van der Waals surface area contributed by atoms with Crippen LogP contribution in [0.4, 0.5) is 0 Å². The number of rotatable bonds is 3. The molecule has 0 bridgehead atoms. The van der Waals surface area contributed by atoms with E-state index in [0.717, 1.165) is 0 Å². The Kier molecular flexibility index (Phi) is 3.65. The van der Waals surface area contributed by atoms with Gasteiger partial charge in [0.15, 0.2) is 12.4 Å². The second-order valence-corrected chi connectivity index (χ2v) is 3.84. The Balaban J connectivity index is 2.11. The van der Waals surface area contributed by atoms with Crippen LogP contribution in [0.1, 0.15) is 0 Å². The van der Waals surface area contributed by atoms with Gasteiger partial charge in [-0.3, -0.25) is 0 Å². The van der Waals surface area contributed by atoms with Gasteiger partial charge in [0.05, 0.1) is 6.61 Å². The van der Waals surface area contributed by atoms with E-state index in [4.69, 9.17) is 14.7 Å². The maximum Gasteiger partial charge on any atom is 0.184 e. The summed E-state index contributed by atoms with van der Waals surface area (Å²) >= 11 is 0. The van der Waals surface area contributed by atoms with Gasteiger partial charge in [0.2, 0.25) is 0 Å². The molecule has 1 fully saturated rings. The van der Waals surface area contributed by atoms with E-state index in [1.807, 2.05) is 0 Å². The maximum atomic E-state index is 9.77. The highest BCUT2D eigenvalue weighted by atomic mass is 16.7. The average molecular weight is 245 g/mol. The van der Waals surface area contributed by atoms with Crippen LogP contribution in [0.2, 0.25) is 0 Å². The minimum atomic E-state index is -1.54. The van der Waals surface area contributed by atoms with E-state index in [9.17, 15) is 15.3 Å². The molecular formula is C10H15NO6. The zero-order chi connectivity index (χ0) is 12.4. The van der Waals surface area contributed by atoms with E-state index >= 15 is 0 Å². The second-order valence-electron chi connectivity index (χ2n) is 3.84. The minimum absolute atomic E-state index is 0.438. The fraction of sp³-hybridized carbons (Fsp3) is 0.600. The first kappa shape index (κ1) is 12.3. The van der Waals surface area contributed by atoms with E-state index in [0.29, 0.717) is 0 Å². The molecule has 0 aliphatic carbocycles. The molecule has 4 N–H and O–H groups in total. The van der Waals surface area contributed by atoms with Crippen LogP contribution in [0.3, 0.4) is 0 Å². The number of aliphatic hydroxyl groups is 4. The van der Waals surface area contributed by atoms with Crippen molar-refractivity contribution >= 4 is 0 Å². The SMILES string of the molecule is OC[C@H]1OC(O)[C@H](O)[C@@H](O)[C@@H]1On1cccc1. The number of ether oxygens (including phenoxy) is 1. The second kappa shape index (κ2) is 5.03. The number of hydrogen-bond donors (Lipinski definition) is 4. The Labute approximate surface area is 97.4 Å². The van der Waals surface area contributed by atoms with Gasteiger partial charge in [-0.2, -0.15) is 4.73 Å². The molecule has 1 aromatic rings. The molecule has 5 atom stereocenters. The Morgan fingerprint density at radius 3 is 2.35 bits per heavy atom. The topological polar surface area (TPSA) is 104 Å². The van der Waals surface area contributed by atoms with Crippen molar-refractivity contribution in [1.29, 1.82) is 0 Å². The summed E-state index contributed by atoms with van der Waals surface area (Å²) in [4.78, 5) is 5.34. The molecule has 7 heteroatoms. The standard InChI is InChI=1S/C10H15NO6/c12-5-6-9(17-11-3-1-2-4-11)7(13)8(14)10(15)16-6/h1-4,6-10,12-15H,5H2/t6-,7-,8-,9-,10?/m1/s1. The summed E-state index contributed by atoms with van der Waals surface area (Å²) in [6, 6.07) is 3.44. The minimum Gasteiger partial charge on any atom is -0.405 e. The molecule has 1 saturated heterocycles. The van der Waals surface area contributed by atoms with E-state index in [-0.39, 0.29) is 0 Å². The zero-order valence-electron chi connectivity index (χ0n) is 8.96. The van der Waals surface area contributed by atoms with Gasteiger partial charge >= 0.3 is 0 Å². The summed E-state index contributed by atoms with van der Waals surface area (Å²) in [5, 5.41) is 37.6. The number of aliphatic hydroxyl groups excluding tert-OH is 4. The maximum absolute atomic E-state index is 9.77. The van der Waals surface area contributed by atoms with E-state index in [2.05, 4.69) is 0 Å². The number of nitrogens with zero attached hydrogens (tertiary/aromatic N) is 1. The first-order chi connectivity index (χ1) is 8.13. The van der Waals surface area contributed by atoms with Gasteiger partial charge < -0.3 is 30.0 Å². The van der Waals surface area contributed by atoms with Crippen LogP contribution in [0.15, 0.2) is 24.5 Å². The molecule has 0 spiro atoms. The van der Waals surface area contributed by atoms with Gasteiger partial charge in [-0.15, -0.1) is 0 Å². The van der Waals surface area contributed by atoms with E-state index in [1.54, 1.807) is 24.5 Å². The quantitative estimate of drug-likeness (QED) is 0.478. The lowest BCUT2D eigenvalue weighted by Crippen LogP contribution is -2.61. The molecule has 0 radical (unpaired) electrons. The van der Waals surface area contributed by atoms with Gasteiger partial charge in [-0.05, 0) is 12.1 Å². The molecule has 2 rings (SSSR count). The highest BCUT2D eigenvalue weighted by molar-refractivity contribution is 4.92. The molecule has 1 aromatic heterocycles. The molecular weight excluding hydrogens is 230 g/mol. The molecule has 1 unspecified atom stereocenters. The summed E-state index contributed by atoms with van der Waals surface area (Å²) in [5.41, 5.74) is 0. The smallest absolute Gasteiger partial charge is 0.184 e. The van der Waals surface area contributed by atoms with Crippen LogP contribution in [0.5, 0.6) is 0 Å². The fourth-order valence-corrected chi connectivity index (χ4v) is 1.73. The van der Waals surface area contributed by atoms with Crippen molar-refractivity contribution in [3.05, 3.63) is 24.5 Å². The van der Waals surface area contributed by atoms with Gasteiger partial charge in [0.1, 0.15) is 18.3 Å². The van der Waals surface area contributed by atoms with Crippen molar-refractivity contribution in [3.8, 4) is 0 Å². The van der Waals surface area contributed by atoms with Gasteiger partial charge in [-0.25, -0.2) is 0 Å². The summed E-state index contributed by atoms with van der Waals surface area (Å²) in [7, 11) is 0. The third-order valence-corrected chi connectivity index (χ3v) is 2.66. The zero-order valence-corrected chi connectivity index (χ0v) is 8.96. The van der Waals surface area contributed by atoms with Crippen molar-refractivity contribution in [2.45, 2.75) is 30.7 Å². The normalized spacial score (nSPS) is 38.0. The average Bonchev–Trinajstić information content (AvgIpc) is 2.82. The predicted molar refractivity (Wildman–Crippen MR) is 54.8 cm³/mol. The van der Waals surface area contributed by atoms with Crippen molar-refractivity contribution in [2.75, 3.05) is 6.61 Å². The van der Waals surface area contributed by atoms with Gasteiger partial charge in [-0.1, -0.05) is 0 Å².